The number of carbonyl (C=O) groups excluding carboxylic acids is 1. The second-order valence-corrected chi connectivity index (χ2v) is 4.85. The van der Waals surface area contributed by atoms with Crippen LogP contribution in [0.1, 0.15) is 5.69 Å². The maximum absolute atomic E-state index is 11.6. The van der Waals surface area contributed by atoms with Crippen LogP contribution in [0.15, 0.2) is 72.9 Å². The Kier molecular flexibility index (Phi) is 4.69. The van der Waals surface area contributed by atoms with Crippen molar-refractivity contribution >= 4 is 6.16 Å². The molecule has 0 amide bonds. The van der Waals surface area contributed by atoms with Crippen LogP contribution in [0, 0.1) is 0 Å². The van der Waals surface area contributed by atoms with Gasteiger partial charge in [-0.3, -0.25) is 0 Å². The van der Waals surface area contributed by atoms with E-state index in [0.29, 0.717) is 12.2 Å². The van der Waals surface area contributed by atoms with E-state index in [1.165, 1.54) is 0 Å². The van der Waals surface area contributed by atoms with Gasteiger partial charge in [-0.25, -0.2) is 9.48 Å². The summed E-state index contributed by atoms with van der Waals surface area (Å²) in [4.78, 5) is 11.6. The first-order valence-electron chi connectivity index (χ1n) is 7.31. The largest absolute Gasteiger partial charge is 0.513 e. The molecule has 0 saturated carbocycles. The van der Waals surface area contributed by atoms with Crippen LogP contribution in [0.4, 0.5) is 4.79 Å². The molecule has 0 unspecified atom stereocenters. The van der Waals surface area contributed by atoms with Crippen LogP contribution in [0.5, 0.6) is 5.75 Å². The molecule has 3 aromatic rings. The lowest BCUT2D eigenvalue weighted by Gasteiger charge is -2.04. The van der Waals surface area contributed by atoms with Crippen LogP contribution in [0.25, 0.3) is 5.69 Å². The number of carbonyl (C=O) groups is 1. The molecular weight excluding hydrogens is 292 g/mol. The smallest absolute Gasteiger partial charge is 0.434 e. The lowest BCUT2D eigenvalue weighted by atomic mass is 10.3. The third-order valence-electron chi connectivity index (χ3n) is 3.19. The van der Waals surface area contributed by atoms with E-state index < -0.39 is 6.16 Å². The average Bonchev–Trinajstić information content (AvgIpc) is 3.05. The van der Waals surface area contributed by atoms with Crippen molar-refractivity contribution in [2.24, 2.45) is 0 Å². The number of ether oxygens (including phenoxy) is 2. The third kappa shape index (κ3) is 4.20. The lowest BCUT2D eigenvalue weighted by molar-refractivity contribution is 0.0999. The van der Waals surface area contributed by atoms with E-state index in [2.05, 4.69) is 5.10 Å². The first-order chi connectivity index (χ1) is 11.3. The van der Waals surface area contributed by atoms with Crippen LogP contribution < -0.4 is 4.74 Å². The molecule has 3 rings (SSSR count). The standard InChI is InChI=1S/C18H16N2O3/c21-18(23-17-9-5-2-6-10-17)22-14-12-15-11-13-20(19-15)16-7-3-1-4-8-16/h1-11,13H,12,14H2. The number of para-hydroxylation sites is 2. The van der Waals surface area contributed by atoms with E-state index in [-0.39, 0.29) is 6.61 Å². The molecular formula is C18H16N2O3. The molecule has 2 aromatic carbocycles. The number of benzene rings is 2. The fraction of sp³-hybridized carbons (Fsp3) is 0.111. The van der Waals surface area contributed by atoms with Gasteiger partial charge in [-0.2, -0.15) is 5.10 Å². The predicted molar refractivity (Wildman–Crippen MR) is 85.7 cm³/mol. The Morgan fingerprint density at radius 2 is 1.65 bits per heavy atom. The molecule has 0 spiro atoms. The van der Waals surface area contributed by atoms with Gasteiger partial charge in [-0.1, -0.05) is 36.4 Å². The number of rotatable bonds is 5. The molecule has 5 heteroatoms. The first kappa shape index (κ1) is 14.8. The van der Waals surface area contributed by atoms with Gasteiger partial charge in [0, 0.05) is 12.6 Å². The average molecular weight is 308 g/mol. The summed E-state index contributed by atoms with van der Waals surface area (Å²) in [6, 6.07) is 20.6. The first-order valence-corrected chi connectivity index (χ1v) is 7.31. The summed E-state index contributed by atoms with van der Waals surface area (Å²) < 4.78 is 11.9. The molecule has 0 atom stereocenters. The molecule has 0 fully saturated rings. The Hall–Kier alpha value is -3.08. The zero-order chi connectivity index (χ0) is 15.9. The third-order valence-corrected chi connectivity index (χ3v) is 3.19. The fourth-order valence-corrected chi connectivity index (χ4v) is 2.07. The van der Waals surface area contributed by atoms with Gasteiger partial charge in [0.25, 0.3) is 0 Å². The van der Waals surface area contributed by atoms with Crippen molar-refractivity contribution in [1.29, 1.82) is 0 Å². The molecule has 1 aromatic heterocycles. The van der Waals surface area contributed by atoms with Crippen LogP contribution in [-0.4, -0.2) is 22.5 Å². The lowest BCUT2D eigenvalue weighted by Crippen LogP contribution is -2.12. The molecule has 5 nitrogen and oxygen atoms in total. The minimum absolute atomic E-state index is 0.220. The van der Waals surface area contributed by atoms with Gasteiger partial charge in [0.05, 0.1) is 11.4 Å². The summed E-state index contributed by atoms with van der Waals surface area (Å²) in [5.41, 5.74) is 1.84. The van der Waals surface area contributed by atoms with Crippen LogP contribution >= 0.6 is 0 Å². The van der Waals surface area contributed by atoms with Gasteiger partial charge >= 0.3 is 6.16 Å². The van der Waals surface area contributed by atoms with Gasteiger partial charge in [0.2, 0.25) is 0 Å². The highest BCUT2D eigenvalue weighted by Crippen LogP contribution is 2.10. The van der Waals surface area contributed by atoms with Crippen molar-refractivity contribution in [1.82, 2.24) is 9.78 Å². The molecule has 0 bridgehead atoms. The zero-order valence-electron chi connectivity index (χ0n) is 12.5. The Morgan fingerprint density at radius 1 is 0.957 bits per heavy atom. The summed E-state index contributed by atoms with van der Waals surface area (Å²) in [5, 5.41) is 4.45. The van der Waals surface area contributed by atoms with Crippen molar-refractivity contribution in [2.75, 3.05) is 6.61 Å². The van der Waals surface area contributed by atoms with Crippen molar-refractivity contribution in [3.63, 3.8) is 0 Å². The van der Waals surface area contributed by atoms with Crippen molar-refractivity contribution in [3.8, 4) is 11.4 Å². The van der Waals surface area contributed by atoms with E-state index in [1.807, 2.05) is 48.7 Å². The monoisotopic (exact) mass is 308 g/mol. The van der Waals surface area contributed by atoms with Crippen LogP contribution in [-0.2, 0) is 11.2 Å². The molecule has 23 heavy (non-hydrogen) atoms. The summed E-state index contributed by atoms with van der Waals surface area (Å²) in [7, 11) is 0. The highest BCUT2D eigenvalue weighted by Gasteiger charge is 2.07. The molecule has 1 heterocycles. The summed E-state index contributed by atoms with van der Waals surface area (Å²) in [6.45, 7) is 0.220. The fourth-order valence-electron chi connectivity index (χ4n) is 2.07. The van der Waals surface area contributed by atoms with Crippen LogP contribution in [0.2, 0.25) is 0 Å². The Labute approximate surface area is 134 Å². The number of hydrogen-bond donors (Lipinski definition) is 0. The van der Waals surface area contributed by atoms with E-state index >= 15 is 0 Å². The maximum atomic E-state index is 11.6. The molecule has 0 aliphatic carbocycles. The highest BCUT2D eigenvalue weighted by molar-refractivity contribution is 5.63. The van der Waals surface area contributed by atoms with Gasteiger partial charge in [-0.05, 0) is 30.3 Å². The highest BCUT2D eigenvalue weighted by atomic mass is 16.7. The second kappa shape index (κ2) is 7.26. The van der Waals surface area contributed by atoms with E-state index in [4.69, 9.17) is 9.47 Å². The van der Waals surface area contributed by atoms with Crippen molar-refractivity contribution < 1.29 is 14.3 Å². The SMILES string of the molecule is O=C(OCCc1ccn(-c2ccccc2)n1)Oc1ccccc1. The topological polar surface area (TPSA) is 53.4 Å². The summed E-state index contributed by atoms with van der Waals surface area (Å²) in [5.74, 6) is 0.464. The van der Waals surface area contributed by atoms with E-state index in [1.54, 1.807) is 28.9 Å². The van der Waals surface area contributed by atoms with Gasteiger partial charge in [0.15, 0.2) is 0 Å². The predicted octanol–water partition coefficient (Wildman–Crippen LogP) is 3.63. The van der Waals surface area contributed by atoms with E-state index in [0.717, 1.165) is 11.4 Å². The summed E-state index contributed by atoms with van der Waals surface area (Å²) in [6.07, 6.45) is 1.70. The molecule has 0 N–H and O–H groups in total. The zero-order valence-corrected chi connectivity index (χ0v) is 12.5. The maximum Gasteiger partial charge on any atom is 0.513 e. The Balaban J connectivity index is 1.48. The Bertz CT molecular complexity index is 754. The molecule has 0 radical (unpaired) electrons. The summed E-state index contributed by atoms with van der Waals surface area (Å²) >= 11 is 0. The molecule has 0 aliphatic rings. The molecule has 0 saturated heterocycles. The Morgan fingerprint density at radius 3 is 2.39 bits per heavy atom. The number of aromatic nitrogens is 2. The van der Waals surface area contributed by atoms with Gasteiger partial charge in [0.1, 0.15) is 12.4 Å². The molecule has 116 valence electrons. The van der Waals surface area contributed by atoms with Gasteiger partial charge < -0.3 is 9.47 Å². The number of nitrogens with zero attached hydrogens (tertiary/aromatic N) is 2. The van der Waals surface area contributed by atoms with Gasteiger partial charge in [-0.15, -0.1) is 0 Å². The minimum Gasteiger partial charge on any atom is -0.434 e. The number of hydrogen-bond acceptors (Lipinski definition) is 4. The van der Waals surface area contributed by atoms with Crippen molar-refractivity contribution in [2.45, 2.75) is 6.42 Å². The molecule has 0 aliphatic heterocycles. The van der Waals surface area contributed by atoms with E-state index in [9.17, 15) is 4.79 Å². The minimum atomic E-state index is -0.710. The normalized spacial score (nSPS) is 10.3. The second-order valence-electron chi connectivity index (χ2n) is 4.85. The van der Waals surface area contributed by atoms with Crippen molar-refractivity contribution in [3.05, 3.63) is 78.6 Å². The van der Waals surface area contributed by atoms with Crippen LogP contribution in [0.3, 0.4) is 0 Å². The quantitative estimate of drug-likeness (QED) is 0.533.